The van der Waals surface area contributed by atoms with Crippen LogP contribution in [0.5, 0.6) is 0 Å². The summed E-state index contributed by atoms with van der Waals surface area (Å²) in [5.74, 6) is 0.101. The molecule has 6 nitrogen and oxygen atoms in total. The number of halogens is 1. The zero-order chi connectivity index (χ0) is 17.1. The molecule has 124 valence electrons. The van der Waals surface area contributed by atoms with E-state index in [-0.39, 0.29) is 11.9 Å². The summed E-state index contributed by atoms with van der Waals surface area (Å²) in [5.41, 5.74) is 15.8. The van der Waals surface area contributed by atoms with Crippen LogP contribution in [-0.4, -0.2) is 21.9 Å². The van der Waals surface area contributed by atoms with Gasteiger partial charge in [0.1, 0.15) is 0 Å². The van der Waals surface area contributed by atoms with Crippen molar-refractivity contribution in [1.29, 1.82) is 0 Å². The van der Waals surface area contributed by atoms with Gasteiger partial charge >= 0.3 is 0 Å². The van der Waals surface area contributed by atoms with E-state index in [9.17, 15) is 0 Å². The molecule has 1 heterocycles. The van der Waals surface area contributed by atoms with Gasteiger partial charge in [-0.3, -0.25) is 0 Å². The van der Waals surface area contributed by atoms with Crippen LogP contribution in [0.15, 0.2) is 40.7 Å². The van der Waals surface area contributed by atoms with Gasteiger partial charge < -0.3 is 11.5 Å². The number of rotatable bonds is 3. The molecule has 1 aromatic heterocycles. The summed E-state index contributed by atoms with van der Waals surface area (Å²) in [5, 5.41) is 17.3. The monoisotopic (exact) mass is 342 g/mol. The molecule has 1 aliphatic carbocycles. The maximum atomic E-state index is 6.37. The van der Waals surface area contributed by atoms with Crippen molar-refractivity contribution in [2.24, 2.45) is 21.7 Å². The molecular weight excluding hydrogens is 324 g/mol. The first-order valence-corrected chi connectivity index (χ1v) is 8.21. The second-order valence-corrected chi connectivity index (χ2v) is 6.15. The van der Waals surface area contributed by atoms with E-state index in [1.807, 2.05) is 24.3 Å². The molecule has 0 aliphatic heterocycles. The molecule has 0 radical (unpaired) electrons. The minimum atomic E-state index is -0.0658. The lowest BCUT2D eigenvalue weighted by Gasteiger charge is -2.26. The second kappa shape index (κ2) is 6.97. The van der Waals surface area contributed by atoms with Crippen LogP contribution in [-0.2, 0) is 12.8 Å². The summed E-state index contributed by atoms with van der Waals surface area (Å²) in [4.78, 5) is 0. The fourth-order valence-corrected chi connectivity index (χ4v) is 3.40. The molecule has 1 atom stereocenters. The zero-order valence-corrected chi connectivity index (χ0v) is 14.2. The van der Waals surface area contributed by atoms with Gasteiger partial charge in [-0.1, -0.05) is 36.7 Å². The van der Waals surface area contributed by atoms with Gasteiger partial charge in [0.05, 0.1) is 17.6 Å². The highest BCUT2D eigenvalue weighted by Crippen LogP contribution is 2.36. The predicted octanol–water partition coefficient (Wildman–Crippen LogP) is 2.40. The maximum Gasteiger partial charge on any atom is 0.211 e. The van der Waals surface area contributed by atoms with E-state index in [2.05, 4.69) is 27.3 Å². The van der Waals surface area contributed by atoms with Crippen LogP contribution in [0.1, 0.15) is 41.6 Å². The Kier molecular flexibility index (Phi) is 4.76. The van der Waals surface area contributed by atoms with E-state index in [0.717, 1.165) is 46.0 Å². The van der Waals surface area contributed by atoms with Gasteiger partial charge in [-0.05, 0) is 42.4 Å². The van der Waals surface area contributed by atoms with Crippen molar-refractivity contribution in [2.75, 3.05) is 0 Å². The predicted molar refractivity (Wildman–Crippen MR) is 96.3 cm³/mol. The lowest BCUT2D eigenvalue weighted by molar-refractivity contribution is 0.664. The highest BCUT2D eigenvalue weighted by molar-refractivity contribution is 6.31. The molecule has 3 rings (SSSR count). The molecule has 1 aliphatic rings. The number of benzene rings is 1. The summed E-state index contributed by atoms with van der Waals surface area (Å²) in [6.45, 7) is 2.08. The SMILES string of the molecule is CCc1cnnc2c1/C(=N/N=C(N)N)CC(c1ccccc1Cl)C2. The molecule has 7 heteroatoms. The van der Waals surface area contributed by atoms with E-state index >= 15 is 0 Å². The molecule has 1 aromatic carbocycles. The van der Waals surface area contributed by atoms with Crippen LogP contribution in [0, 0.1) is 0 Å². The average Bonchev–Trinajstić information content (AvgIpc) is 2.59. The molecule has 0 amide bonds. The van der Waals surface area contributed by atoms with Gasteiger partial charge in [-0.25, -0.2) is 0 Å². The quantitative estimate of drug-likeness (QED) is 0.508. The summed E-state index contributed by atoms with van der Waals surface area (Å²) in [6.07, 6.45) is 4.09. The number of aromatic nitrogens is 2. The van der Waals surface area contributed by atoms with Crippen molar-refractivity contribution in [2.45, 2.75) is 32.1 Å². The van der Waals surface area contributed by atoms with Gasteiger partial charge in [0.15, 0.2) is 0 Å². The lowest BCUT2D eigenvalue weighted by atomic mass is 9.80. The molecule has 1 unspecified atom stereocenters. The number of nitrogens with two attached hydrogens (primary N) is 2. The zero-order valence-electron chi connectivity index (χ0n) is 13.4. The molecule has 0 spiro atoms. The first-order chi connectivity index (χ1) is 11.6. The largest absolute Gasteiger partial charge is 0.369 e. The molecule has 4 N–H and O–H groups in total. The highest BCUT2D eigenvalue weighted by Gasteiger charge is 2.29. The lowest BCUT2D eigenvalue weighted by Crippen LogP contribution is -2.25. The van der Waals surface area contributed by atoms with Crippen molar-refractivity contribution >= 4 is 23.3 Å². The van der Waals surface area contributed by atoms with Gasteiger partial charge in [0.25, 0.3) is 0 Å². The van der Waals surface area contributed by atoms with Gasteiger partial charge in [-0.2, -0.15) is 15.3 Å². The Balaban J connectivity index is 2.10. The molecule has 24 heavy (non-hydrogen) atoms. The Morgan fingerprint density at radius 2 is 2.08 bits per heavy atom. The summed E-state index contributed by atoms with van der Waals surface area (Å²) >= 11 is 6.37. The third-order valence-electron chi connectivity index (χ3n) is 4.18. The minimum Gasteiger partial charge on any atom is -0.369 e. The molecule has 0 fully saturated rings. The number of hydrogen-bond donors (Lipinski definition) is 2. The normalized spacial score (nSPS) is 18.2. The highest BCUT2D eigenvalue weighted by atomic mass is 35.5. The topological polar surface area (TPSA) is 103 Å². The summed E-state index contributed by atoms with van der Waals surface area (Å²) in [6, 6.07) is 7.84. The van der Waals surface area contributed by atoms with E-state index in [4.69, 9.17) is 23.1 Å². The van der Waals surface area contributed by atoms with E-state index in [1.165, 1.54) is 0 Å². The number of hydrogen-bond acceptors (Lipinski definition) is 4. The van der Waals surface area contributed by atoms with Crippen LogP contribution in [0.4, 0.5) is 0 Å². The number of fused-ring (bicyclic) bond motifs is 1. The molecule has 0 saturated heterocycles. The Labute approximate surface area is 145 Å². The summed E-state index contributed by atoms with van der Waals surface area (Å²) < 4.78 is 0. The third kappa shape index (κ3) is 3.23. The van der Waals surface area contributed by atoms with Gasteiger partial charge in [0, 0.05) is 10.6 Å². The van der Waals surface area contributed by atoms with Crippen LogP contribution in [0.3, 0.4) is 0 Å². The maximum absolute atomic E-state index is 6.37. The Morgan fingerprint density at radius 3 is 2.79 bits per heavy atom. The Bertz CT molecular complexity index is 810. The number of nitrogens with zero attached hydrogens (tertiary/aromatic N) is 4. The van der Waals surface area contributed by atoms with Crippen molar-refractivity contribution in [3.05, 3.63) is 57.9 Å². The number of guanidine groups is 1. The average molecular weight is 343 g/mol. The van der Waals surface area contributed by atoms with E-state index in [1.54, 1.807) is 6.20 Å². The third-order valence-corrected chi connectivity index (χ3v) is 4.53. The van der Waals surface area contributed by atoms with E-state index in [0.29, 0.717) is 6.42 Å². The van der Waals surface area contributed by atoms with E-state index < -0.39 is 0 Å². The fraction of sp³-hybridized carbons (Fsp3) is 0.294. The van der Waals surface area contributed by atoms with Crippen molar-refractivity contribution in [3.8, 4) is 0 Å². The second-order valence-electron chi connectivity index (χ2n) is 5.74. The Morgan fingerprint density at radius 1 is 1.29 bits per heavy atom. The molecule has 0 bridgehead atoms. The van der Waals surface area contributed by atoms with Gasteiger partial charge in [-0.15, -0.1) is 5.10 Å². The van der Waals surface area contributed by atoms with Crippen LogP contribution in [0.25, 0.3) is 0 Å². The van der Waals surface area contributed by atoms with Crippen molar-refractivity contribution in [3.63, 3.8) is 0 Å². The smallest absolute Gasteiger partial charge is 0.211 e. The van der Waals surface area contributed by atoms with Crippen molar-refractivity contribution < 1.29 is 0 Å². The first-order valence-electron chi connectivity index (χ1n) is 7.83. The molecule has 0 saturated carbocycles. The fourth-order valence-electron chi connectivity index (χ4n) is 3.11. The summed E-state index contributed by atoms with van der Waals surface area (Å²) in [7, 11) is 0. The number of aryl methyl sites for hydroxylation is 1. The van der Waals surface area contributed by atoms with Crippen LogP contribution < -0.4 is 11.5 Å². The van der Waals surface area contributed by atoms with Crippen molar-refractivity contribution in [1.82, 2.24) is 10.2 Å². The minimum absolute atomic E-state index is 0.0658. The molecular formula is C17H19ClN6. The Hall–Kier alpha value is -2.47. The van der Waals surface area contributed by atoms with Gasteiger partial charge in [0.2, 0.25) is 5.96 Å². The van der Waals surface area contributed by atoms with Crippen LogP contribution in [0.2, 0.25) is 5.02 Å². The first kappa shape index (κ1) is 16.4. The molecule has 2 aromatic rings. The van der Waals surface area contributed by atoms with Crippen LogP contribution >= 0.6 is 11.6 Å². The standard InChI is InChI=1S/C17H19ClN6/c1-2-10-9-21-22-14-7-11(12-5-3-4-6-13(12)18)8-15(16(10)14)23-24-17(19)20/h3-6,9,11H,2,7-8H2,1H3,(H4,19,20,24)/b23-15+.